The van der Waals surface area contributed by atoms with Crippen molar-refractivity contribution in [2.75, 3.05) is 26.1 Å². The fourth-order valence-electron chi connectivity index (χ4n) is 2.30. The van der Waals surface area contributed by atoms with Crippen LogP contribution in [0, 0.1) is 17.0 Å². The number of rotatable bonds is 7. The van der Waals surface area contributed by atoms with Crippen LogP contribution in [0.15, 0.2) is 34.8 Å². The molecule has 1 N–H and O–H groups in total. The van der Waals surface area contributed by atoms with Crippen LogP contribution in [0.3, 0.4) is 0 Å². The highest BCUT2D eigenvalue weighted by Gasteiger charge is 2.26. The molecule has 2 rings (SSSR count). The number of carbonyl (C=O) groups is 2. The highest BCUT2D eigenvalue weighted by Crippen LogP contribution is 2.34. The van der Waals surface area contributed by atoms with E-state index in [4.69, 9.17) is 14.2 Å². The van der Waals surface area contributed by atoms with E-state index in [1.807, 2.05) is 13.0 Å². The minimum atomic E-state index is -1.04. The monoisotopic (exact) mass is 452 g/mol. The molecule has 0 aliphatic rings. The average molecular weight is 453 g/mol. The van der Waals surface area contributed by atoms with Crippen molar-refractivity contribution in [1.29, 1.82) is 0 Å². The van der Waals surface area contributed by atoms with Crippen LogP contribution in [0.4, 0.5) is 11.4 Å². The number of nitro benzene ring substituents is 1. The van der Waals surface area contributed by atoms with Gasteiger partial charge >= 0.3 is 5.97 Å². The smallest absolute Gasteiger partial charge is 0.345 e. The van der Waals surface area contributed by atoms with E-state index in [0.717, 1.165) is 17.7 Å². The summed E-state index contributed by atoms with van der Waals surface area (Å²) in [4.78, 5) is 34.8. The van der Waals surface area contributed by atoms with Gasteiger partial charge in [-0.05, 0) is 40.5 Å². The number of methoxy groups -OCH3 is 2. The van der Waals surface area contributed by atoms with Crippen molar-refractivity contribution in [2.45, 2.75) is 6.92 Å². The molecule has 9 nitrogen and oxygen atoms in total. The first kappa shape index (κ1) is 21.2. The number of anilines is 1. The molecule has 0 radical (unpaired) electrons. The van der Waals surface area contributed by atoms with E-state index in [1.165, 1.54) is 14.2 Å². The molecule has 0 atom stereocenters. The van der Waals surface area contributed by atoms with Crippen LogP contribution in [0.25, 0.3) is 0 Å². The Hall–Kier alpha value is -3.14. The van der Waals surface area contributed by atoms with Gasteiger partial charge in [0.05, 0.1) is 30.9 Å². The van der Waals surface area contributed by atoms with Crippen LogP contribution in [0.5, 0.6) is 11.5 Å². The maximum absolute atomic E-state index is 12.3. The first-order valence-corrected chi connectivity index (χ1v) is 8.69. The van der Waals surface area contributed by atoms with Crippen LogP contribution in [0.2, 0.25) is 0 Å². The van der Waals surface area contributed by atoms with Gasteiger partial charge < -0.3 is 19.5 Å². The Morgan fingerprint density at radius 3 is 2.36 bits per heavy atom. The molecule has 0 fully saturated rings. The number of amides is 1. The summed E-state index contributed by atoms with van der Waals surface area (Å²) in [5.41, 5.74) is 0.622. The van der Waals surface area contributed by atoms with Gasteiger partial charge in [0.2, 0.25) is 0 Å². The number of ether oxygens (including phenoxy) is 3. The summed E-state index contributed by atoms with van der Waals surface area (Å²) in [7, 11) is 2.64. The van der Waals surface area contributed by atoms with E-state index in [0.29, 0.717) is 10.2 Å². The molecule has 2 aromatic carbocycles. The molecular formula is C18H17BrN2O7. The minimum Gasteiger partial charge on any atom is -0.493 e. The largest absolute Gasteiger partial charge is 0.493 e. The van der Waals surface area contributed by atoms with Gasteiger partial charge in [-0.25, -0.2) is 4.79 Å². The lowest BCUT2D eigenvalue weighted by Crippen LogP contribution is -2.21. The van der Waals surface area contributed by atoms with Crippen LogP contribution < -0.4 is 14.8 Å². The molecule has 0 unspecified atom stereocenters. The number of halogens is 1. The topological polar surface area (TPSA) is 117 Å². The van der Waals surface area contributed by atoms with Crippen molar-refractivity contribution < 1.29 is 28.7 Å². The quantitative estimate of drug-likeness (QED) is 0.388. The lowest BCUT2D eigenvalue weighted by molar-refractivity contribution is -0.385. The number of nitro groups is 1. The third kappa shape index (κ3) is 4.97. The number of nitrogens with zero attached hydrogens (tertiary/aromatic N) is 1. The lowest BCUT2D eigenvalue weighted by Gasteiger charge is -2.11. The molecule has 1 amide bonds. The molecule has 0 heterocycles. The second-order valence-electron chi connectivity index (χ2n) is 5.59. The molecule has 2 aromatic rings. The van der Waals surface area contributed by atoms with Gasteiger partial charge in [0.15, 0.2) is 18.1 Å². The molecule has 0 bridgehead atoms. The number of hydrogen-bond acceptors (Lipinski definition) is 7. The van der Waals surface area contributed by atoms with E-state index in [1.54, 1.807) is 12.1 Å². The van der Waals surface area contributed by atoms with Gasteiger partial charge in [-0.3, -0.25) is 14.9 Å². The van der Waals surface area contributed by atoms with Gasteiger partial charge in [0.1, 0.15) is 5.56 Å². The van der Waals surface area contributed by atoms with Crippen LogP contribution in [-0.2, 0) is 9.53 Å². The summed E-state index contributed by atoms with van der Waals surface area (Å²) in [6.07, 6.45) is 0. The Morgan fingerprint density at radius 2 is 1.79 bits per heavy atom. The van der Waals surface area contributed by atoms with E-state index in [2.05, 4.69) is 21.2 Å². The van der Waals surface area contributed by atoms with Crippen LogP contribution >= 0.6 is 15.9 Å². The molecule has 10 heteroatoms. The number of aryl methyl sites for hydroxylation is 1. The zero-order valence-corrected chi connectivity index (χ0v) is 16.9. The molecule has 0 aliphatic heterocycles. The summed E-state index contributed by atoms with van der Waals surface area (Å²) in [6.45, 7) is 1.28. The van der Waals surface area contributed by atoms with Gasteiger partial charge in [-0.1, -0.05) is 6.07 Å². The summed E-state index contributed by atoms with van der Waals surface area (Å²) < 4.78 is 15.6. The van der Waals surface area contributed by atoms with E-state index < -0.39 is 29.1 Å². The summed E-state index contributed by atoms with van der Waals surface area (Å²) in [5.74, 6) is -1.42. The van der Waals surface area contributed by atoms with E-state index >= 15 is 0 Å². The number of carbonyl (C=O) groups excluding carboxylic acids is 2. The first-order chi connectivity index (χ1) is 13.3. The predicted octanol–water partition coefficient (Wildman–Crippen LogP) is 3.48. The van der Waals surface area contributed by atoms with Crippen molar-refractivity contribution in [3.63, 3.8) is 0 Å². The van der Waals surface area contributed by atoms with Crippen molar-refractivity contribution in [3.05, 3.63) is 56.0 Å². The number of esters is 1. The van der Waals surface area contributed by atoms with Crippen molar-refractivity contribution >= 4 is 39.2 Å². The SMILES string of the molecule is COc1cc(C(=O)OCC(=O)Nc2ccc(C)cc2Br)c([N+](=O)[O-])cc1OC. The van der Waals surface area contributed by atoms with Crippen LogP contribution in [0.1, 0.15) is 15.9 Å². The number of hydrogen-bond donors (Lipinski definition) is 1. The molecule has 0 aliphatic carbocycles. The van der Waals surface area contributed by atoms with Gasteiger partial charge in [0.25, 0.3) is 11.6 Å². The highest BCUT2D eigenvalue weighted by molar-refractivity contribution is 9.10. The van der Waals surface area contributed by atoms with Crippen molar-refractivity contribution in [1.82, 2.24) is 0 Å². The Labute approximate surface area is 168 Å². The molecule has 0 saturated carbocycles. The molecule has 148 valence electrons. The molecule has 28 heavy (non-hydrogen) atoms. The third-order valence-electron chi connectivity index (χ3n) is 3.65. The standard InChI is InChI=1S/C18H17BrN2O7/c1-10-4-5-13(12(19)6-10)20-17(22)9-28-18(23)11-7-15(26-2)16(27-3)8-14(11)21(24)25/h4-8H,9H2,1-3H3,(H,20,22). The minimum absolute atomic E-state index is 0.0905. The predicted molar refractivity (Wildman–Crippen MR) is 104 cm³/mol. The normalized spacial score (nSPS) is 10.1. The third-order valence-corrected chi connectivity index (χ3v) is 4.31. The summed E-state index contributed by atoms with van der Waals surface area (Å²) in [6, 6.07) is 7.50. The fourth-order valence-corrected chi connectivity index (χ4v) is 2.89. The lowest BCUT2D eigenvalue weighted by atomic mass is 10.1. The summed E-state index contributed by atoms with van der Waals surface area (Å²) >= 11 is 3.32. The second kappa shape index (κ2) is 9.18. The zero-order valence-electron chi connectivity index (χ0n) is 15.3. The number of nitrogens with one attached hydrogen (secondary N) is 1. The Morgan fingerprint density at radius 1 is 1.14 bits per heavy atom. The molecule has 0 saturated heterocycles. The van der Waals surface area contributed by atoms with E-state index in [9.17, 15) is 19.7 Å². The Balaban J connectivity index is 2.13. The van der Waals surface area contributed by atoms with Gasteiger partial charge in [0, 0.05) is 10.5 Å². The Bertz CT molecular complexity index is 930. The molecule has 0 spiro atoms. The summed E-state index contributed by atoms with van der Waals surface area (Å²) in [5, 5.41) is 13.8. The van der Waals surface area contributed by atoms with Crippen molar-refractivity contribution in [3.8, 4) is 11.5 Å². The maximum atomic E-state index is 12.3. The fraction of sp³-hybridized carbons (Fsp3) is 0.222. The molecular weight excluding hydrogens is 436 g/mol. The maximum Gasteiger partial charge on any atom is 0.345 e. The van der Waals surface area contributed by atoms with Gasteiger partial charge in [-0.15, -0.1) is 0 Å². The highest BCUT2D eigenvalue weighted by atomic mass is 79.9. The first-order valence-electron chi connectivity index (χ1n) is 7.90. The number of benzene rings is 2. The Kier molecular flexibility index (Phi) is 6.94. The van der Waals surface area contributed by atoms with Crippen molar-refractivity contribution in [2.24, 2.45) is 0 Å². The molecule has 0 aromatic heterocycles. The zero-order chi connectivity index (χ0) is 20.8. The average Bonchev–Trinajstić information content (AvgIpc) is 2.67. The second-order valence-corrected chi connectivity index (χ2v) is 6.44. The van der Waals surface area contributed by atoms with Crippen LogP contribution in [-0.4, -0.2) is 37.6 Å². The van der Waals surface area contributed by atoms with Gasteiger partial charge in [-0.2, -0.15) is 0 Å². The van der Waals surface area contributed by atoms with E-state index in [-0.39, 0.29) is 17.1 Å².